The van der Waals surface area contributed by atoms with Gasteiger partial charge in [-0.2, -0.15) is 0 Å². The molecule has 1 saturated carbocycles. The molecule has 1 aliphatic carbocycles. The number of hydrogen-bond acceptors (Lipinski definition) is 2. The molecule has 0 bridgehead atoms. The minimum Gasteiger partial charge on any atom is -0.399 e. The van der Waals surface area contributed by atoms with Crippen LogP contribution in [0.15, 0.2) is 12.1 Å². The van der Waals surface area contributed by atoms with Gasteiger partial charge in [0.2, 0.25) is 0 Å². The lowest BCUT2D eigenvalue weighted by Crippen LogP contribution is -2.41. The fourth-order valence-corrected chi connectivity index (χ4v) is 3.81. The van der Waals surface area contributed by atoms with Gasteiger partial charge in [-0.25, -0.2) is 4.39 Å². The Morgan fingerprint density at radius 3 is 2.00 bits per heavy atom. The number of rotatable bonds is 2. The van der Waals surface area contributed by atoms with E-state index in [1.165, 1.54) is 12.8 Å². The van der Waals surface area contributed by atoms with E-state index in [-0.39, 0.29) is 11.2 Å². The molecule has 1 aromatic carbocycles. The van der Waals surface area contributed by atoms with Crippen LogP contribution in [0.1, 0.15) is 71.4 Å². The summed E-state index contributed by atoms with van der Waals surface area (Å²) in [5.41, 5.74) is 1.88. The van der Waals surface area contributed by atoms with Crippen molar-refractivity contribution in [2.24, 2.45) is 0 Å². The van der Waals surface area contributed by atoms with E-state index in [0.717, 1.165) is 29.4 Å². The summed E-state index contributed by atoms with van der Waals surface area (Å²) >= 11 is 0. The van der Waals surface area contributed by atoms with Crippen LogP contribution in [0.3, 0.4) is 0 Å². The third-order valence-corrected chi connectivity index (χ3v) is 6.22. The second kappa shape index (κ2) is 5.32. The highest BCUT2D eigenvalue weighted by Crippen LogP contribution is 2.42. The molecule has 23 heavy (non-hydrogen) atoms. The van der Waals surface area contributed by atoms with Gasteiger partial charge in [-0.05, 0) is 70.0 Å². The fraction of sp³-hybridized carbons (Fsp3) is 0.684. The Balaban J connectivity index is 1.96. The SMILES string of the molecule is Cc1cc(C2(C)CCCC2)c(F)cc1B1OC(C)(C)C(C)(C)O1. The van der Waals surface area contributed by atoms with E-state index in [9.17, 15) is 4.39 Å². The van der Waals surface area contributed by atoms with Gasteiger partial charge >= 0.3 is 7.12 Å². The van der Waals surface area contributed by atoms with Crippen molar-refractivity contribution in [1.29, 1.82) is 0 Å². The van der Waals surface area contributed by atoms with Crippen LogP contribution in [0.4, 0.5) is 4.39 Å². The third-order valence-electron chi connectivity index (χ3n) is 6.22. The molecule has 4 heteroatoms. The van der Waals surface area contributed by atoms with Crippen LogP contribution in [0.5, 0.6) is 0 Å². The van der Waals surface area contributed by atoms with Crippen molar-refractivity contribution in [3.05, 3.63) is 29.1 Å². The Morgan fingerprint density at radius 2 is 1.48 bits per heavy atom. The van der Waals surface area contributed by atoms with Crippen molar-refractivity contribution in [3.63, 3.8) is 0 Å². The monoisotopic (exact) mass is 318 g/mol. The first-order chi connectivity index (χ1) is 10.6. The van der Waals surface area contributed by atoms with E-state index >= 15 is 0 Å². The summed E-state index contributed by atoms with van der Waals surface area (Å²) < 4.78 is 27.0. The predicted octanol–water partition coefficient (Wildman–Crippen LogP) is 4.27. The zero-order valence-electron chi connectivity index (χ0n) is 15.3. The summed E-state index contributed by atoms with van der Waals surface area (Å²) in [5.74, 6) is -0.121. The zero-order chi connectivity index (χ0) is 17.0. The second-order valence-corrected chi connectivity index (χ2v) is 8.54. The van der Waals surface area contributed by atoms with Crippen LogP contribution in [-0.2, 0) is 14.7 Å². The maximum absolute atomic E-state index is 14.9. The molecule has 0 aromatic heterocycles. The molecular formula is C19H28BFO2. The summed E-state index contributed by atoms with van der Waals surface area (Å²) in [6.45, 7) is 12.3. The molecule has 0 N–H and O–H groups in total. The van der Waals surface area contributed by atoms with Crippen molar-refractivity contribution in [2.75, 3.05) is 0 Å². The van der Waals surface area contributed by atoms with Gasteiger partial charge in [-0.1, -0.05) is 31.4 Å². The van der Waals surface area contributed by atoms with Gasteiger partial charge in [-0.15, -0.1) is 0 Å². The lowest BCUT2D eigenvalue weighted by molar-refractivity contribution is 0.00578. The molecule has 1 heterocycles. The number of aryl methyl sites for hydroxylation is 1. The molecule has 0 atom stereocenters. The van der Waals surface area contributed by atoms with E-state index in [1.54, 1.807) is 6.07 Å². The van der Waals surface area contributed by atoms with Gasteiger partial charge in [-0.3, -0.25) is 0 Å². The predicted molar refractivity (Wildman–Crippen MR) is 92.7 cm³/mol. The van der Waals surface area contributed by atoms with Crippen LogP contribution in [0, 0.1) is 12.7 Å². The highest BCUT2D eigenvalue weighted by atomic mass is 19.1. The van der Waals surface area contributed by atoms with E-state index in [4.69, 9.17) is 9.31 Å². The summed E-state index contributed by atoms with van der Waals surface area (Å²) in [7, 11) is -0.500. The quantitative estimate of drug-likeness (QED) is 0.758. The van der Waals surface area contributed by atoms with Gasteiger partial charge < -0.3 is 9.31 Å². The summed E-state index contributed by atoms with van der Waals surface area (Å²) in [4.78, 5) is 0. The van der Waals surface area contributed by atoms with Crippen molar-refractivity contribution < 1.29 is 13.7 Å². The van der Waals surface area contributed by atoms with E-state index in [2.05, 4.69) is 6.92 Å². The van der Waals surface area contributed by atoms with Gasteiger partial charge in [0.05, 0.1) is 11.2 Å². The molecule has 2 fully saturated rings. The molecule has 2 aliphatic rings. The van der Waals surface area contributed by atoms with Crippen molar-refractivity contribution in [2.45, 2.75) is 83.8 Å². The number of halogens is 1. The van der Waals surface area contributed by atoms with Crippen LogP contribution in [-0.4, -0.2) is 18.3 Å². The molecule has 0 unspecified atom stereocenters. The average molecular weight is 318 g/mol. The fourth-order valence-electron chi connectivity index (χ4n) is 3.81. The Morgan fingerprint density at radius 1 is 0.957 bits per heavy atom. The van der Waals surface area contributed by atoms with Crippen LogP contribution in [0.2, 0.25) is 0 Å². The lowest BCUT2D eigenvalue weighted by atomic mass is 9.72. The third kappa shape index (κ3) is 2.74. The van der Waals surface area contributed by atoms with Crippen molar-refractivity contribution in [3.8, 4) is 0 Å². The van der Waals surface area contributed by atoms with Crippen LogP contribution >= 0.6 is 0 Å². The largest absolute Gasteiger partial charge is 0.495 e. The first-order valence-corrected chi connectivity index (χ1v) is 8.72. The molecule has 1 aromatic rings. The van der Waals surface area contributed by atoms with Crippen LogP contribution in [0.25, 0.3) is 0 Å². The molecule has 126 valence electrons. The first kappa shape index (κ1) is 17.0. The maximum Gasteiger partial charge on any atom is 0.495 e. The van der Waals surface area contributed by atoms with Gasteiger partial charge in [0.25, 0.3) is 0 Å². The smallest absolute Gasteiger partial charge is 0.399 e. The van der Waals surface area contributed by atoms with Crippen molar-refractivity contribution in [1.82, 2.24) is 0 Å². The molecule has 1 saturated heterocycles. The van der Waals surface area contributed by atoms with E-state index in [1.807, 2.05) is 40.7 Å². The van der Waals surface area contributed by atoms with Gasteiger partial charge in [0, 0.05) is 0 Å². The highest BCUT2D eigenvalue weighted by Gasteiger charge is 2.52. The number of hydrogen-bond donors (Lipinski definition) is 0. The summed E-state index contributed by atoms with van der Waals surface area (Å²) in [6.07, 6.45) is 4.51. The normalized spacial score (nSPS) is 25.1. The Kier molecular flexibility index (Phi) is 3.93. The average Bonchev–Trinajstić information content (AvgIpc) is 2.95. The molecule has 0 radical (unpaired) electrons. The van der Waals surface area contributed by atoms with Crippen LogP contribution < -0.4 is 5.46 Å². The molecule has 1 aliphatic heterocycles. The topological polar surface area (TPSA) is 18.5 Å². The van der Waals surface area contributed by atoms with Crippen molar-refractivity contribution >= 4 is 12.6 Å². The van der Waals surface area contributed by atoms with E-state index < -0.39 is 18.3 Å². The Hall–Kier alpha value is -0.865. The van der Waals surface area contributed by atoms with Gasteiger partial charge in [0.1, 0.15) is 5.82 Å². The first-order valence-electron chi connectivity index (χ1n) is 8.72. The molecule has 0 amide bonds. The Labute approximate surface area is 139 Å². The summed E-state index contributed by atoms with van der Waals surface area (Å²) in [5, 5.41) is 0. The van der Waals surface area contributed by atoms with E-state index in [0.29, 0.717) is 0 Å². The second-order valence-electron chi connectivity index (χ2n) is 8.54. The molecule has 2 nitrogen and oxygen atoms in total. The van der Waals surface area contributed by atoms with Gasteiger partial charge in [0.15, 0.2) is 0 Å². The number of benzene rings is 1. The minimum absolute atomic E-state index is 0.0245. The summed E-state index contributed by atoms with van der Waals surface area (Å²) in [6, 6.07) is 3.65. The zero-order valence-corrected chi connectivity index (χ0v) is 15.3. The minimum atomic E-state index is -0.500. The molecule has 3 rings (SSSR count). The Bertz CT molecular complexity index is 602. The maximum atomic E-state index is 14.9. The lowest BCUT2D eigenvalue weighted by Gasteiger charge is -2.32. The molecular weight excluding hydrogens is 290 g/mol. The standard InChI is InChI=1S/C19H28BFO2/c1-13-11-14(19(6)9-7-8-10-19)16(21)12-15(13)20-22-17(2,3)18(4,5)23-20/h11-12H,7-10H2,1-6H3. The molecule has 0 spiro atoms. The highest BCUT2D eigenvalue weighted by molar-refractivity contribution is 6.62.